The zero-order valence-corrected chi connectivity index (χ0v) is 12.6. The van der Waals surface area contributed by atoms with Crippen molar-refractivity contribution in [1.82, 2.24) is 0 Å². The molecule has 0 atom stereocenters. The largest absolute Gasteiger partial charge is 0.398 e. The topological polar surface area (TPSA) is 38.0 Å². The van der Waals surface area contributed by atoms with Gasteiger partial charge in [0.05, 0.1) is 0 Å². The van der Waals surface area contributed by atoms with Crippen molar-refractivity contribution >= 4 is 17.1 Å². The maximum absolute atomic E-state index is 6.14. The molecule has 0 aromatic heterocycles. The van der Waals surface area contributed by atoms with Gasteiger partial charge in [-0.25, -0.2) is 0 Å². The molecule has 0 aliphatic heterocycles. The summed E-state index contributed by atoms with van der Waals surface area (Å²) in [5.74, 6) is 0. The monoisotopic (exact) mass is 286 g/mol. The third-order valence-electron chi connectivity index (χ3n) is 4.37. The molecule has 0 amide bonds. The second-order valence-corrected chi connectivity index (χ2v) is 5.87. The van der Waals surface area contributed by atoms with Crippen LogP contribution in [0.3, 0.4) is 0 Å². The van der Waals surface area contributed by atoms with E-state index in [0.717, 1.165) is 23.5 Å². The van der Waals surface area contributed by atoms with Gasteiger partial charge in [-0.1, -0.05) is 30.3 Å². The normalized spacial score (nSPS) is 11.9. The van der Waals surface area contributed by atoms with Gasteiger partial charge < -0.3 is 11.1 Å². The number of nitrogens with two attached hydrogens (primary N) is 1. The molecule has 4 rings (SSSR count). The van der Waals surface area contributed by atoms with E-state index in [1.54, 1.807) is 0 Å². The molecule has 108 valence electrons. The average Bonchev–Trinajstić information content (AvgIpc) is 2.88. The maximum Gasteiger partial charge on any atom is 0.0417 e. The van der Waals surface area contributed by atoms with Crippen LogP contribution in [0, 0.1) is 6.92 Å². The number of nitrogen functional groups attached to an aromatic ring is 1. The van der Waals surface area contributed by atoms with Crippen LogP contribution in [0.2, 0.25) is 0 Å². The molecule has 1 aliphatic carbocycles. The highest BCUT2D eigenvalue weighted by atomic mass is 14.9. The van der Waals surface area contributed by atoms with E-state index < -0.39 is 0 Å². The Morgan fingerprint density at radius 1 is 0.909 bits per heavy atom. The van der Waals surface area contributed by atoms with E-state index in [-0.39, 0.29) is 0 Å². The first kappa shape index (κ1) is 13.0. The Morgan fingerprint density at radius 2 is 1.73 bits per heavy atom. The summed E-state index contributed by atoms with van der Waals surface area (Å²) >= 11 is 0. The number of para-hydroxylation sites is 1. The highest BCUT2D eigenvalue weighted by Crippen LogP contribution is 2.41. The molecular weight excluding hydrogens is 268 g/mol. The molecule has 0 bridgehead atoms. The van der Waals surface area contributed by atoms with Crippen LogP contribution in [-0.4, -0.2) is 0 Å². The van der Waals surface area contributed by atoms with E-state index in [0.29, 0.717) is 0 Å². The minimum Gasteiger partial charge on any atom is -0.398 e. The Bertz CT molecular complexity index is 851. The second-order valence-electron chi connectivity index (χ2n) is 5.87. The average molecular weight is 286 g/mol. The van der Waals surface area contributed by atoms with Crippen molar-refractivity contribution in [1.29, 1.82) is 0 Å². The lowest BCUT2D eigenvalue weighted by Gasteiger charge is -2.12. The summed E-state index contributed by atoms with van der Waals surface area (Å²) < 4.78 is 0. The molecule has 0 fully saturated rings. The predicted molar refractivity (Wildman–Crippen MR) is 93.6 cm³/mol. The summed E-state index contributed by atoms with van der Waals surface area (Å²) in [5.41, 5.74) is 15.8. The molecule has 1 aliphatic rings. The second kappa shape index (κ2) is 4.92. The third kappa shape index (κ3) is 2.04. The van der Waals surface area contributed by atoms with Crippen LogP contribution in [0.5, 0.6) is 0 Å². The number of benzene rings is 3. The van der Waals surface area contributed by atoms with E-state index in [4.69, 9.17) is 5.73 Å². The predicted octanol–water partition coefficient (Wildman–Crippen LogP) is 4.89. The van der Waals surface area contributed by atoms with E-state index in [1.807, 2.05) is 30.3 Å². The van der Waals surface area contributed by atoms with Crippen molar-refractivity contribution in [3.8, 4) is 11.1 Å². The highest BCUT2D eigenvalue weighted by molar-refractivity contribution is 5.84. The van der Waals surface area contributed by atoms with Gasteiger partial charge in [0, 0.05) is 23.5 Å². The molecule has 2 heteroatoms. The first-order valence-corrected chi connectivity index (χ1v) is 7.56. The van der Waals surface area contributed by atoms with Gasteiger partial charge >= 0.3 is 0 Å². The lowest BCUT2D eigenvalue weighted by Crippen LogP contribution is -1.95. The van der Waals surface area contributed by atoms with Crippen molar-refractivity contribution < 1.29 is 0 Å². The van der Waals surface area contributed by atoms with Crippen LogP contribution in [0.15, 0.2) is 60.7 Å². The molecule has 0 heterocycles. The number of hydrogen-bond donors (Lipinski definition) is 2. The molecule has 0 saturated heterocycles. The molecule has 22 heavy (non-hydrogen) atoms. The summed E-state index contributed by atoms with van der Waals surface area (Å²) in [7, 11) is 0. The van der Waals surface area contributed by atoms with Crippen molar-refractivity contribution in [2.24, 2.45) is 0 Å². The molecule has 2 nitrogen and oxygen atoms in total. The first-order chi connectivity index (χ1) is 10.7. The van der Waals surface area contributed by atoms with Crippen LogP contribution in [-0.2, 0) is 6.42 Å². The van der Waals surface area contributed by atoms with Gasteiger partial charge in [-0.05, 0) is 65.1 Å². The molecule has 3 aromatic carbocycles. The van der Waals surface area contributed by atoms with E-state index in [2.05, 4.69) is 42.6 Å². The molecule has 0 spiro atoms. The Hall–Kier alpha value is -2.74. The summed E-state index contributed by atoms with van der Waals surface area (Å²) in [6, 6.07) is 21.0. The summed E-state index contributed by atoms with van der Waals surface area (Å²) in [4.78, 5) is 0. The third-order valence-corrected chi connectivity index (χ3v) is 4.37. The quantitative estimate of drug-likeness (QED) is 0.515. The van der Waals surface area contributed by atoms with Gasteiger partial charge in [0.2, 0.25) is 0 Å². The van der Waals surface area contributed by atoms with E-state index in [1.165, 1.54) is 27.8 Å². The van der Waals surface area contributed by atoms with Gasteiger partial charge in [0.1, 0.15) is 0 Å². The number of nitrogens with one attached hydrogen (secondary N) is 1. The van der Waals surface area contributed by atoms with E-state index >= 15 is 0 Å². The zero-order valence-electron chi connectivity index (χ0n) is 12.6. The first-order valence-electron chi connectivity index (χ1n) is 7.56. The number of aryl methyl sites for hydroxylation is 1. The van der Waals surface area contributed by atoms with Crippen LogP contribution in [0.25, 0.3) is 11.1 Å². The van der Waals surface area contributed by atoms with Gasteiger partial charge in [0.15, 0.2) is 0 Å². The van der Waals surface area contributed by atoms with Crippen molar-refractivity contribution in [3.63, 3.8) is 0 Å². The fourth-order valence-corrected chi connectivity index (χ4v) is 3.21. The molecular formula is C20H18N2. The smallest absolute Gasteiger partial charge is 0.0417 e. The van der Waals surface area contributed by atoms with Crippen LogP contribution >= 0.6 is 0 Å². The van der Waals surface area contributed by atoms with Crippen molar-refractivity contribution in [2.45, 2.75) is 13.3 Å². The number of hydrogen-bond acceptors (Lipinski definition) is 2. The summed E-state index contributed by atoms with van der Waals surface area (Å²) in [6.45, 7) is 2.15. The Balaban J connectivity index is 1.76. The number of anilines is 3. The molecule has 0 unspecified atom stereocenters. The Morgan fingerprint density at radius 3 is 2.55 bits per heavy atom. The van der Waals surface area contributed by atoms with Gasteiger partial charge in [-0.15, -0.1) is 0 Å². The number of rotatable bonds is 2. The fourth-order valence-electron chi connectivity index (χ4n) is 3.21. The maximum atomic E-state index is 6.14. The van der Waals surface area contributed by atoms with Crippen LogP contribution in [0.4, 0.5) is 17.1 Å². The zero-order chi connectivity index (χ0) is 15.1. The number of fused-ring (bicyclic) bond motifs is 3. The summed E-state index contributed by atoms with van der Waals surface area (Å²) in [5, 5.41) is 3.51. The highest BCUT2D eigenvalue weighted by Gasteiger charge is 2.21. The SMILES string of the molecule is Cc1cc2c(cc1Nc1ccccc1)Cc1c(N)cccc1-2. The van der Waals surface area contributed by atoms with Gasteiger partial charge in [0.25, 0.3) is 0 Å². The summed E-state index contributed by atoms with van der Waals surface area (Å²) in [6.07, 6.45) is 0.918. The Kier molecular flexibility index (Phi) is 2.90. The van der Waals surface area contributed by atoms with Gasteiger partial charge in [-0.3, -0.25) is 0 Å². The Labute approximate surface area is 130 Å². The molecule has 0 saturated carbocycles. The fraction of sp³-hybridized carbons (Fsp3) is 0.100. The lowest BCUT2D eigenvalue weighted by molar-refractivity contribution is 1.26. The van der Waals surface area contributed by atoms with Gasteiger partial charge in [-0.2, -0.15) is 0 Å². The minimum atomic E-state index is 0.893. The van der Waals surface area contributed by atoms with Crippen molar-refractivity contribution in [2.75, 3.05) is 11.1 Å². The van der Waals surface area contributed by atoms with Crippen LogP contribution < -0.4 is 11.1 Å². The van der Waals surface area contributed by atoms with Crippen molar-refractivity contribution in [3.05, 3.63) is 77.4 Å². The molecule has 3 N–H and O–H groups in total. The molecule has 0 radical (unpaired) electrons. The lowest BCUT2D eigenvalue weighted by atomic mass is 10.0. The standard InChI is InChI=1S/C20H18N2/c1-13-10-17-14(11-18-16(17)8-5-9-19(18)21)12-20(13)22-15-6-3-2-4-7-15/h2-10,12,22H,11,21H2,1H3. The minimum absolute atomic E-state index is 0.893. The molecule has 3 aromatic rings. The van der Waals surface area contributed by atoms with Crippen LogP contribution in [0.1, 0.15) is 16.7 Å². The van der Waals surface area contributed by atoms with E-state index in [9.17, 15) is 0 Å².